The van der Waals surface area contributed by atoms with Crippen LogP contribution in [0.1, 0.15) is 11.1 Å². The van der Waals surface area contributed by atoms with Crippen LogP contribution < -0.4 is 10.2 Å². The third-order valence-corrected chi connectivity index (χ3v) is 3.82. The number of anilines is 2. The quantitative estimate of drug-likeness (QED) is 0.915. The SMILES string of the molecule is CNCc1cc(Cl)ccc1N1CCc2ccccc21. The molecule has 0 spiro atoms. The number of hydrogen-bond acceptors (Lipinski definition) is 2. The summed E-state index contributed by atoms with van der Waals surface area (Å²) in [6.07, 6.45) is 1.11. The molecule has 1 aliphatic heterocycles. The second-order valence-corrected chi connectivity index (χ2v) is 5.27. The molecule has 98 valence electrons. The van der Waals surface area contributed by atoms with E-state index < -0.39 is 0 Å². The van der Waals surface area contributed by atoms with E-state index in [2.05, 4.69) is 40.5 Å². The van der Waals surface area contributed by atoms with Gasteiger partial charge in [-0.05, 0) is 48.9 Å². The maximum absolute atomic E-state index is 6.11. The minimum atomic E-state index is 0.793. The Morgan fingerprint density at radius 1 is 1.16 bits per heavy atom. The minimum absolute atomic E-state index is 0.793. The Labute approximate surface area is 119 Å². The number of halogens is 1. The highest BCUT2D eigenvalue weighted by Crippen LogP contribution is 2.36. The first-order valence-electron chi connectivity index (χ1n) is 6.58. The Morgan fingerprint density at radius 2 is 2.00 bits per heavy atom. The third-order valence-electron chi connectivity index (χ3n) is 3.59. The Balaban J connectivity index is 2.04. The van der Waals surface area contributed by atoms with Gasteiger partial charge in [0.2, 0.25) is 0 Å². The molecule has 1 aliphatic rings. The molecule has 2 aromatic rings. The van der Waals surface area contributed by atoms with Crippen molar-refractivity contribution >= 4 is 23.0 Å². The van der Waals surface area contributed by atoms with Crippen molar-refractivity contribution in [1.82, 2.24) is 5.32 Å². The van der Waals surface area contributed by atoms with Gasteiger partial charge >= 0.3 is 0 Å². The van der Waals surface area contributed by atoms with Crippen molar-refractivity contribution in [3.05, 3.63) is 58.6 Å². The molecule has 0 amide bonds. The summed E-state index contributed by atoms with van der Waals surface area (Å²) >= 11 is 6.11. The Kier molecular flexibility index (Phi) is 3.45. The largest absolute Gasteiger partial charge is 0.341 e. The smallest absolute Gasteiger partial charge is 0.0457 e. The number of hydrogen-bond donors (Lipinski definition) is 1. The Hall–Kier alpha value is -1.51. The molecule has 3 heteroatoms. The molecule has 0 atom stereocenters. The molecular weight excluding hydrogens is 256 g/mol. The van der Waals surface area contributed by atoms with E-state index in [1.165, 1.54) is 22.5 Å². The molecule has 3 rings (SSSR count). The molecule has 0 bridgehead atoms. The van der Waals surface area contributed by atoms with Crippen LogP contribution in [0.3, 0.4) is 0 Å². The second kappa shape index (κ2) is 5.24. The van der Waals surface area contributed by atoms with Gasteiger partial charge in [0.15, 0.2) is 0 Å². The lowest BCUT2D eigenvalue weighted by molar-refractivity contribution is 0.813. The summed E-state index contributed by atoms with van der Waals surface area (Å²) in [6, 6.07) is 14.8. The van der Waals surface area contributed by atoms with E-state index in [0.29, 0.717) is 0 Å². The maximum atomic E-state index is 6.11. The molecular formula is C16H17ClN2. The molecule has 0 saturated carbocycles. The predicted molar refractivity (Wildman–Crippen MR) is 81.4 cm³/mol. The summed E-state index contributed by atoms with van der Waals surface area (Å²) in [6.45, 7) is 1.87. The molecule has 19 heavy (non-hydrogen) atoms. The van der Waals surface area contributed by atoms with Crippen molar-refractivity contribution in [2.24, 2.45) is 0 Å². The highest BCUT2D eigenvalue weighted by molar-refractivity contribution is 6.30. The summed E-state index contributed by atoms with van der Waals surface area (Å²) in [5.41, 5.74) is 5.24. The van der Waals surface area contributed by atoms with Crippen molar-refractivity contribution in [3.63, 3.8) is 0 Å². The molecule has 1 N–H and O–H groups in total. The molecule has 0 saturated heterocycles. The molecule has 2 aromatic carbocycles. The molecule has 2 nitrogen and oxygen atoms in total. The van der Waals surface area contributed by atoms with Crippen LogP contribution in [-0.4, -0.2) is 13.6 Å². The monoisotopic (exact) mass is 272 g/mol. The zero-order valence-electron chi connectivity index (χ0n) is 11.0. The lowest BCUT2D eigenvalue weighted by atomic mass is 10.1. The number of benzene rings is 2. The summed E-state index contributed by atoms with van der Waals surface area (Å²) in [4.78, 5) is 2.39. The van der Waals surface area contributed by atoms with E-state index >= 15 is 0 Å². The van der Waals surface area contributed by atoms with Crippen LogP contribution in [0, 0.1) is 0 Å². The van der Waals surface area contributed by atoms with Gasteiger partial charge < -0.3 is 10.2 Å². The zero-order chi connectivity index (χ0) is 13.2. The van der Waals surface area contributed by atoms with E-state index in [0.717, 1.165) is 24.5 Å². The highest BCUT2D eigenvalue weighted by atomic mass is 35.5. The first kappa shape index (κ1) is 12.5. The summed E-state index contributed by atoms with van der Waals surface area (Å²) in [7, 11) is 1.96. The number of fused-ring (bicyclic) bond motifs is 1. The average Bonchev–Trinajstić information content (AvgIpc) is 2.83. The molecule has 1 heterocycles. The first-order valence-corrected chi connectivity index (χ1v) is 6.96. The van der Waals surface area contributed by atoms with Crippen molar-refractivity contribution in [2.45, 2.75) is 13.0 Å². The van der Waals surface area contributed by atoms with Crippen molar-refractivity contribution in [2.75, 3.05) is 18.5 Å². The fourth-order valence-corrected chi connectivity index (χ4v) is 2.93. The lowest BCUT2D eigenvalue weighted by Crippen LogP contribution is -2.17. The third kappa shape index (κ3) is 2.34. The highest BCUT2D eigenvalue weighted by Gasteiger charge is 2.21. The van der Waals surface area contributed by atoms with Crippen LogP contribution in [0.2, 0.25) is 5.02 Å². The number of para-hydroxylation sites is 1. The first-order chi connectivity index (χ1) is 9.29. The summed E-state index contributed by atoms with van der Waals surface area (Å²) in [5, 5.41) is 4.01. The summed E-state index contributed by atoms with van der Waals surface area (Å²) < 4.78 is 0. The van der Waals surface area contributed by atoms with Crippen LogP contribution in [-0.2, 0) is 13.0 Å². The predicted octanol–water partition coefficient (Wildman–Crippen LogP) is 3.75. The van der Waals surface area contributed by atoms with E-state index in [1.807, 2.05) is 19.2 Å². The van der Waals surface area contributed by atoms with Gasteiger partial charge in [-0.2, -0.15) is 0 Å². The van der Waals surface area contributed by atoms with Gasteiger partial charge in [-0.1, -0.05) is 29.8 Å². The van der Waals surface area contributed by atoms with E-state index in [-0.39, 0.29) is 0 Å². The lowest BCUT2D eigenvalue weighted by Gasteiger charge is -2.23. The van der Waals surface area contributed by atoms with Crippen LogP contribution in [0.15, 0.2) is 42.5 Å². The van der Waals surface area contributed by atoms with Crippen molar-refractivity contribution in [3.8, 4) is 0 Å². The molecule has 0 fully saturated rings. The molecule has 0 radical (unpaired) electrons. The number of nitrogens with zero attached hydrogens (tertiary/aromatic N) is 1. The van der Waals surface area contributed by atoms with E-state index in [4.69, 9.17) is 11.6 Å². The summed E-state index contributed by atoms with van der Waals surface area (Å²) in [5.74, 6) is 0. The normalized spacial score (nSPS) is 13.7. The topological polar surface area (TPSA) is 15.3 Å². The standard InChI is InChI=1S/C16H17ClN2/c1-18-11-13-10-14(17)6-7-16(13)19-9-8-12-4-2-3-5-15(12)19/h2-7,10,18H,8-9,11H2,1H3. The Morgan fingerprint density at radius 3 is 2.84 bits per heavy atom. The fraction of sp³-hybridized carbons (Fsp3) is 0.250. The van der Waals surface area contributed by atoms with Gasteiger partial charge in [0.1, 0.15) is 0 Å². The van der Waals surface area contributed by atoms with Gasteiger partial charge in [0.25, 0.3) is 0 Å². The average molecular weight is 273 g/mol. The van der Waals surface area contributed by atoms with Crippen LogP contribution >= 0.6 is 11.6 Å². The van der Waals surface area contributed by atoms with Crippen LogP contribution in [0.5, 0.6) is 0 Å². The van der Waals surface area contributed by atoms with Crippen molar-refractivity contribution in [1.29, 1.82) is 0 Å². The zero-order valence-corrected chi connectivity index (χ0v) is 11.7. The fourth-order valence-electron chi connectivity index (χ4n) is 2.74. The van der Waals surface area contributed by atoms with Crippen molar-refractivity contribution < 1.29 is 0 Å². The van der Waals surface area contributed by atoms with Crippen LogP contribution in [0.4, 0.5) is 11.4 Å². The van der Waals surface area contributed by atoms with Gasteiger partial charge in [0.05, 0.1) is 0 Å². The van der Waals surface area contributed by atoms with Gasteiger partial charge in [-0.25, -0.2) is 0 Å². The molecule has 0 aromatic heterocycles. The number of nitrogens with one attached hydrogen (secondary N) is 1. The maximum Gasteiger partial charge on any atom is 0.0457 e. The molecule has 0 aliphatic carbocycles. The van der Waals surface area contributed by atoms with Gasteiger partial charge in [-0.15, -0.1) is 0 Å². The Bertz CT molecular complexity index is 595. The van der Waals surface area contributed by atoms with Gasteiger partial charge in [0, 0.05) is 29.5 Å². The minimum Gasteiger partial charge on any atom is -0.341 e. The van der Waals surface area contributed by atoms with E-state index in [1.54, 1.807) is 0 Å². The van der Waals surface area contributed by atoms with Gasteiger partial charge in [-0.3, -0.25) is 0 Å². The number of rotatable bonds is 3. The molecule has 0 unspecified atom stereocenters. The van der Waals surface area contributed by atoms with Crippen LogP contribution in [0.25, 0.3) is 0 Å². The second-order valence-electron chi connectivity index (χ2n) is 4.83. The van der Waals surface area contributed by atoms with E-state index in [9.17, 15) is 0 Å².